The second-order valence-corrected chi connectivity index (χ2v) is 9.90. The lowest BCUT2D eigenvalue weighted by molar-refractivity contribution is -0.146. The van der Waals surface area contributed by atoms with Gasteiger partial charge >= 0.3 is 0 Å². The lowest BCUT2D eigenvalue weighted by Gasteiger charge is -2.55. The molecule has 5 heteroatoms. The van der Waals surface area contributed by atoms with Crippen LogP contribution >= 0.6 is 0 Å². The molecular formula is C24H32N2O3. The van der Waals surface area contributed by atoms with Gasteiger partial charge in [-0.25, -0.2) is 0 Å². The van der Waals surface area contributed by atoms with Crippen LogP contribution in [0.5, 0.6) is 5.75 Å². The third-order valence-electron chi connectivity index (χ3n) is 7.92. The average molecular weight is 397 g/mol. The summed E-state index contributed by atoms with van der Waals surface area (Å²) in [5, 5.41) is 3.14. The van der Waals surface area contributed by atoms with Crippen molar-refractivity contribution in [1.29, 1.82) is 0 Å². The van der Waals surface area contributed by atoms with Crippen LogP contribution in [0.3, 0.4) is 0 Å². The number of rotatable bonds is 5. The largest absolute Gasteiger partial charge is 0.497 e. The molecule has 1 aliphatic heterocycles. The van der Waals surface area contributed by atoms with Crippen LogP contribution in [0.1, 0.15) is 56.1 Å². The van der Waals surface area contributed by atoms with Crippen LogP contribution in [0.25, 0.3) is 0 Å². The van der Waals surface area contributed by atoms with Crippen molar-refractivity contribution < 1.29 is 14.3 Å². The molecule has 2 amide bonds. The number of carbonyl (C=O) groups excluding carboxylic acids is 2. The molecule has 4 aliphatic carbocycles. The first-order chi connectivity index (χ1) is 14.0. The zero-order valence-corrected chi connectivity index (χ0v) is 17.4. The second kappa shape index (κ2) is 7.33. The Morgan fingerprint density at radius 3 is 2.45 bits per heavy atom. The Hall–Kier alpha value is -2.04. The van der Waals surface area contributed by atoms with E-state index < -0.39 is 0 Å². The Morgan fingerprint density at radius 2 is 1.79 bits per heavy atom. The first-order valence-electron chi connectivity index (χ1n) is 11.3. The Bertz CT molecular complexity index is 783. The van der Waals surface area contributed by atoms with Gasteiger partial charge in [-0.2, -0.15) is 0 Å². The topological polar surface area (TPSA) is 58.6 Å². The normalized spacial score (nSPS) is 32.0. The number of methoxy groups -OCH3 is 1. The second-order valence-electron chi connectivity index (χ2n) is 9.90. The molecule has 5 nitrogen and oxygen atoms in total. The highest BCUT2D eigenvalue weighted by molar-refractivity contribution is 5.84. The van der Waals surface area contributed by atoms with Gasteiger partial charge in [0.2, 0.25) is 11.8 Å². The zero-order valence-electron chi connectivity index (χ0n) is 17.4. The Labute approximate surface area is 173 Å². The standard InChI is InChI=1S/C24H32N2O3/c1-29-21-3-2-19-5-7-26(15-20(19)11-21)22(27)4-6-25-23(28)24-12-16-8-17(13-24)10-18(9-16)14-24/h2-3,11,16-18H,4-10,12-15H2,1H3,(H,25,28). The third kappa shape index (κ3) is 3.53. The van der Waals surface area contributed by atoms with E-state index in [1.165, 1.54) is 30.4 Å². The Kier molecular flexibility index (Phi) is 4.79. The number of nitrogens with one attached hydrogen (secondary N) is 1. The van der Waals surface area contributed by atoms with Gasteiger partial charge < -0.3 is 15.0 Å². The smallest absolute Gasteiger partial charge is 0.226 e. The number of carbonyl (C=O) groups is 2. The summed E-state index contributed by atoms with van der Waals surface area (Å²) in [6, 6.07) is 6.11. The molecule has 1 heterocycles. The van der Waals surface area contributed by atoms with E-state index in [9.17, 15) is 9.59 Å². The molecule has 4 saturated carbocycles. The number of nitrogens with zero attached hydrogens (tertiary/aromatic N) is 1. The minimum atomic E-state index is -0.127. The van der Waals surface area contributed by atoms with Gasteiger partial charge in [0.05, 0.1) is 7.11 Å². The summed E-state index contributed by atoms with van der Waals surface area (Å²) in [7, 11) is 1.67. The van der Waals surface area contributed by atoms with Crippen LogP contribution in [0.15, 0.2) is 18.2 Å². The van der Waals surface area contributed by atoms with Gasteiger partial charge in [-0.05, 0) is 86.0 Å². The molecule has 1 aromatic rings. The molecule has 156 valence electrons. The van der Waals surface area contributed by atoms with E-state index in [4.69, 9.17) is 4.74 Å². The van der Waals surface area contributed by atoms with E-state index >= 15 is 0 Å². The zero-order chi connectivity index (χ0) is 20.0. The predicted molar refractivity (Wildman–Crippen MR) is 110 cm³/mol. The number of benzene rings is 1. The fourth-order valence-corrected chi connectivity index (χ4v) is 6.89. The minimum absolute atomic E-state index is 0.127. The number of hydrogen-bond acceptors (Lipinski definition) is 3. The van der Waals surface area contributed by atoms with Gasteiger partial charge in [0.25, 0.3) is 0 Å². The first kappa shape index (κ1) is 19.0. The highest BCUT2D eigenvalue weighted by atomic mass is 16.5. The maximum absolute atomic E-state index is 13.0. The summed E-state index contributed by atoms with van der Waals surface area (Å²) in [6.07, 6.45) is 8.50. The molecule has 29 heavy (non-hydrogen) atoms. The molecule has 5 aliphatic rings. The fourth-order valence-electron chi connectivity index (χ4n) is 6.89. The minimum Gasteiger partial charge on any atom is -0.497 e. The molecule has 0 aromatic heterocycles. The lowest BCUT2D eigenvalue weighted by Crippen LogP contribution is -2.53. The first-order valence-corrected chi connectivity index (χ1v) is 11.3. The van der Waals surface area contributed by atoms with Gasteiger partial charge in [0, 0.05) is 31.5 Å². The van der Waals surface area contributed by atoms with Crippen molar-refractivity contribution in [2.45, 2.75) is 57.9 Å². The maximum Gasteiger partial charge on any atom is 0.226 e. The quantitative estimate of drug-likeness (QED) is 0.831. The van der Waals surface area contributed by atoms with Crippen molar-refractivity contribution in [3.63, 3.8) is 0 Å². The molecule has 0 atom stereocenters. The van der Waals surface area contributed by atoms with Gasteiger partial charge in [-0.15, -0.1) is 0 Å². The van der Waals surface area contributed by atoms with Crippen molar-refractivity contribution in [1.82, 2.24) is 10.2 Å². The van der Waals surface area contributed by atoms with Crippen molar-refractivity contribution in [3.05, 3.63) is 29.3 Å². The van der Waals surface area contributed by atoms with Crippen molar-refractivity contribution in [2.24, 2.45) is 23.2 Å². The van der Waals surface area contributed by atoms with E-state index in [2.05, 4.69) is 11.4 Å². The van der Waals surface area contributed by atoms with Crippen molar-refractivity contribution in [2.75, 3.05) is 20.2 Å². The van der Waals surface area contributed by atoms with Crippen LogP contribution in [0.2, 0.25) is 0 Å². The third-order valence-corrected chi connectivity index (χ3v) is 7.92. The number of hydrogen-bond donors (Lipinski definition) is 1. The molecule has 6 rings (SSSR count). The number of fused-ring (bicyclic) bond motifs is 1. The van der Waals surface area contributed by atoms with Gasteiger partial charge in [0.1, 0.15) is 5.75 Å². The molecule has 0 radical (unpaired) electrons. The molecule has 0 spiro atoms. The molecule has 4 bridgehead atoms. The number of amides is 2. The highest BCUT2D eigenvalue weighted by Gasteiger charge is 2.54. The van der Waals surface area contributed by atoms with E-state index in [0.717, 1.165) is 55.7 Å². The van der Waals surface area contributed by atoms with E-state index in [1.807, 2.05) is 17.0 Å². The van der Waals surface area contributed by atoms with Gasteiger partial charge in [0.15, 0.2) is 0 Å². The van der Waals surface area contributed by atoms with Crippen LogP contribution in [-0.2, 0) is 22.6 Å². The summed E-state index contributed by atoms with van der Waals surface area (Å²) < 4.78 is 5.32. The number of ether oxygens (including phenoxy) is 1. The summed E-state index contributed by atoms with van der Waals surface area (Å²) in [6.45, 7) is 1.84. The molecule has 1 N–H and O–H groups in total. The fraction of sp³-hybridized carbons (Fsp3) is 0.667. The summed E-state index contributed by atoms with van der Waals surface area (Å²) >= 11 is 0. The van der Waals surface area contributed by atoms with Crippen molar-refractivity contribution >= 4 is 11.8 Å². The van der Waals surface area contributed by atoms with E-state index in [-0.39, 0.29) is 17.2 Å². The van der Waals surface area contributed by atoms with E-state index in [1.54, 1.807) is 7.11 Å². The van der Waals surface area contributed by atoms with Crippen LogP contribution < -0.4 is 10.1 Å². The maximum atomic E-state index is 13.0. The average Bonchev–Trinajstić information content (AvgIpc) is 2.71. The molecule has 0 unspecified atom stereocenters. The predicted octanol–water partition coefficient (Wildman–Crippen LogP) is 3.30. The lowest BCUT2D eigenvalue weighted by atomic mass is 9.49. The summed E-state index contributed by atoms with van der Waals surface area (Å²) in [4.78, 5) is 27.7. The van der Waals surface area contributed by atoms with Crippen LogP contribution in [0.4, 0.5) is 0 Å². The molecule has 4 fully saturated rings. The van der Waals surface area contributed by atoms with Crippen molar-refractivity contribution in [3.8, 4) is 5.75 Å². The summed E-state index contributed by atoms with van der Waals surface area (Å²) in [5.41, 5.74) is 2.34. The van der Waals surface area contributed by atoms with E-state index in [0.29, 0.717) is 19.5 Å². The highest BCUT2D eigenvalue weighted by Crippen LogP contribution is 2.60. The molecule has 0 saturated heterocycles. The van der Waals surface area contributed by atoms with Gasteiger partial charge in [-0.1, -0.05) is 6.07 Å². The monoisotopic (exact) mass is 396 g/mol. The Morgan fingerprint density at radius 1 is 1.10 bits per heavy atom. The molecule has 1 aromatic carbocycles. The SMILES string of the molecule is COc1ccc2c(c1)CN(C(=O)CCNC(=O)C13CC4CC(CC(C4)C1)C3)CC2. The Balaban J connectivity index is 1.14. The van der Waals surface area contributed by atoms with Gasteiger partial charge in [-0.3, -0.25) is 9.59 Å². The molecular weight excluding hydrogens is 364 g/mol. The summed E-state index contributed by atoms with van der Waals surface area (Å²) in [5.74, 6) is 3.47. The van der Waals surface area contributed by atoms with Crippen LogP contribution in [-0.4, -0.2) is 36.9 Å². The van der Waals surface area contributed by atoms with Crippen LogP contribution in [0, 0.1) is 23.2 Å².